The number of halogens is 1. The smallest absolute Gasteiger partial charge is 0.0310 e. The van der Waals surface area contributed by atoms with Gasteiger partial charge in [-0.3, -0.25) is 0 Å². The summed E-state index contributed by atoms with van der Waals surface area (Å²) in [5.74, 6) is 5.34. The third-order valence-corrected chi connectivity index (χ3v) is 5.20. The SMILES string of the molecule is CC(Cl)CC1C2CC3CC(C2)CC1C3. The average Bonchev–Trinajstić information content (AvgIpc) is 2.09. The largest absolute Gasteiger partial charge is 0.123 e. The molecular weight excluding hydrogens is 192 g/mol. The van der Waals surface area contributed by atoms with E-state index in [9.17, 15) is 0 Å². The predicted octanol–water partition coefficient (Wildman–Crippen LogP) is 4.08. The molecule has 14 heavy (non-hydrogen) atoms. The van der Waals surface area contributed by atoms with Crippen molar-refractivity contribution in [3.05, 3.63) is 0 Å². The molecule has 0 saturated heterocycles. The molecule has 4 aliphatic rings. The number of hydrogen-bond donors (Lipinski definition) is 0. The van der Waals surface area contributed by atoms with Gasteiger partial charge >= 0.3 is 0 Å². The zero-order valence-corrected chi connectivity index (χ0v) is 9.84. The van der Waals surface area contributed by atoms with E-state index in [2.05, 4.69) is 6.92 Å². The Morgan fingerprint density at radius 2 is 1.50 bits per heavy atom. The van der Waals surface area contributed by atoms with Gasteiger partial charge in [0.15, 0.2) is 0 Å². The van der Waals surface area contributed by atoms with Crippen molar-refractivity contribution in [2.75, 3.05) is 0 Å². The Morgan fingerprint density at radius 1 is 1.00 bits per heavy atom. The molecule has 0 amide bonds. The number of rotatable bonds is 2. The summed E-state index contributed by atoms with van der Waals surface area (Å²) < 4.78 is 0. The maximum atomic E-state index is 6.17. The molecule has 0 N–H and O–H groups in total. The Morgan fingerprint density at radius 3 is 1.93 bits per heavy atom. The van der Waals surface area contributed by atoms with Crippen LogP contribution in [-0.4, -0.2) is 5.38 Å². The van der Waals surface area contributed by atoms with E-state index in [1.807, 2.05) is 0 Å². The van der Waals surface area contributed by atoms with E-state index in [0.717, 1.165) is 29.6 Å². The van der Waals surface area contributed by atoms with Crippen LogP contribution in [0.1, 0.15) is 45.4 Å². The Kier molecular flexibility index (Phi) is 2.31. The average molecular weight is 213 g/mol. The second-order valence-corrected chi connectivity index (χ2v) is 6.86. The lowest BCUT2D eigenvalue weighted by molar-refractivity contribution is -0.0394. The first-order valence-corrected chi connectivity index (χ1v) is 6.80. The molecule has 0 heterocycles. The predicted molar refractivity (Wildman–Crippen MR) is 60.5 cm³/mol. The summed E-state index contributed by atoms with van der Waals surface area (Å²) in [6, 6.07) is 0. The van der Waals surface area contributed by atoms with Gasteiger partial charge in [-0.15, -0.1) is 11.6 Å². The van der Waals surface area contributed by atoms with Gasteiger partial charge in [0.1, 0.15) is 0 Å². The molecule has 0 radical (unpaired) electrons. The van der Waals surface area contributed by atoms with Gasteiger partial charge in [-0.1, -0.05) is 0 Å². The van der Waals surface area contributed by atoms with E-state index in [0.29, 0.717) is 5.38 Å². The van der Waals surface area contributed by atoms with Crippen LogP contribution in [0.25, 0.3) is 0 Å². The van der Waals surface area contributed by atoms with E-state index < -0.39 is 0 Å². The fraction of sp³-hybridized carbons (Fsp3) is 1.00. The maximum absolute atomic E-state index is 6.17. The standard InChI is InChI=1S/C13H21Cl/c1-8(14)2-13-11-4-9-3-10(6-11)7-12(13)5-9/h8-13H,2-7H2,1H3. The number of alkyl halides is 1. The Bertz CT molecular complexity index is 193. The molecule has 0 spiro atoms. The van der Waals surface area contributed by atoms with Gasteiger partial charge < -0.3 is 0 Å². The van der Waals surface area contributed by atoms with Crippen molar-refractivity contribution in [2.24, 2.45) is 29.6 Å². The van der Waals surface area contributed by atoms with E-state index in [4.69, 9.17) is 11.6 Å². The topological polar surface area (TPSA) is 0 Å². The second-order valence-electron chi connectivity index (χ2n) is 6.11. The first kappa shape index (κ1) is 9.51. The summed E-state index contributed by atoms with van der Waals surface area (Å²) in [7, 11) is 0. The van der Waals surface area contributed by atoms with E-state index in [-0.39, 0.29) is 0 Å². The molecule has 1 heteroatoms. The Balaban J connectivity index is 1.74. The van der Waals surface area contributed by atoms with Crippen LogP contribution in [0, 0.1) is 29.6 Å². The van der Waals surface area contributed by atoms with Crippen molar-refractivity contribution in [1.82, 2.24) is 0 Å². The molecular formula is C13H21Cl. The molecule has 0 aliphatic heterocycles. The molecule has 4 aliphatic carbocycles. The van der Waals surface area contributed by atoms with Crippen LogP contribution in [0.2, 0.25) is 0 Å². The molecule has 4 saturated carbocycles. The monoisotopic (exact) mass is 212 g/mol. The molecule has 0 aromatic rings. The van der Waals surface area contributed by atoms with Gasteiger partial charge in [-0.05, 0) is 75.0 Å². The minimum atomic E-state index is 0.400. The van der Waals surface area contributed by atoms with Gasteiger partial charge in [-0.2, -0.15) is 0 Å². The minimum Gasteiger partial charge on any atom is -0.123 e. The first-order chi connectivity index (χ1) is 6.72. The molecule has 80 valence electrons. The first-order valence-electron chi connectivity index (χ1n) is 6.36. The minimum absolute atomic E-state index is 0.400. The fourth-order valence-corrected chi connectivity index (χ4v) is 5.00. The summed E-state index contributed by atoms with van der Waals surface area (Å²) in [5.41, 5.74) is 0. The van der Waals surface area contributed by atoms with Crippen molar-refractivity contribution in [3.8, 4) is 0 Å². The molecule has 4 bridgehead atoms. The quantitative estimate of drug-likeness (QED) is 0.606. The summed E-state index contributed by atoms with van der Waals surface area (Å²) in [4.78, 5) is 0. The van der Waals surface area contributed by atoms with Gasteiger partial charge in [0.05, 0.1) is 0 Å². The van der Waals surface area contributed by atoms with Crippen LogP contribution in [0.15, 0.2) is 0 Å². The molecule has 0 aromatic heterocycles. The normalized spacial score (nSPS) is 52.3. The van der Waals surface area contributed by atoms with Crippen molar-refractivity contribution in [2.45, 2.75) is 50.8 Å². The lowest BCUT2D eigenvalue weighted by Crippen LogP contribution is -2.45. The highest BCUT2D eigenvalue weighted by atomic mass is 35.5. The summed E-state index contributed by atoms with van der Waals surface area (Å²) >= 11 is 6.17. The van der Waals surface area contributed by atoms with Crippen LogP contribution < -0.4 is 0 Å². The highest BCUT2D eigenvalue weighted by Gasteiger charge is 2.47. The van der Waals surface area contributed by atoms with Crippen LogP contribution in [-0.2, 0) is 0 Å². The fourth-order valence-electron chi connectivity index (χ4n) is 4.80. The van der Waals surface area contributed by atoms with E-state index in [1.54, 1.807) is 32.1 Å². The molecule has 1 atom stereocenters. The Labute approximate surface area is 92.4 Å². The highest BCUT2D eigenvalue weighted by Crippen LogP contribution is 2.57. The maximum Gasteiger partial charge on any atom is 0.0310 e. The summed E-state index contributed by atoms with van der Waals surface area (Å²) in [6.45, 7) is 2.17. The van der Waals surface area contributed by atoms with Crippen molar-refractivity contribution in [1.29, 1.82) is 0 Å². The zero-order valence-electron chi connectivity index (χ0n) is 9.08. The molecule has 1 unspecified atom stereocenters. The molecule has 4 fully saturated rings. The lowest BCUT2D eigenvalue weighted by Gasteiger charge is -2.54. The molecule has 4 rings (SSSR count). The number of hydrogen-bond acceptors (Lipinski definition) is 0. The van der Waals surface area contributed by atoms with Crippen molar-refractivity contribution in [3.63, 3.8) is 0 Å². The third-order valence-electron chi connectivity index (χ3n) is 5.02. The van der Waals surface area contributed by atoms with Crippen LogP contribution in [0.3, 0.4) is 0 Å². The van der Waals surface area contributed by atoms with E-state index in [1.165, 1.54) is 6.42 Å². The van der Waals surface area contributed by atoms with Crippen LogP contribution in [0.5, 0.6) is 0 Å². The highest BCUT2D eigenvalue weighted by molar-refractivity contribution is 6.20. The van der Waals surface area contributed by atoms with Gasteiger partial charge in [0.2, 0.25) is 0 Å². The molecule has 0 aromatic carbocycles. The van der Waals surface area contributed by atoms with Crippen molar-refractivity contribution >= 4 is 11.6 Å². The van der Waals surface area contributed by atoms with E-state index >= 15 is 0 Å². The van der Waals surface area contributed by atoms with Gasteiger partial charge in [0.25, 0.3) is 0 Å². The van der Waals surface area contributed by atoms with Gasteiger partial charge in [0, 0.05) is 5.38 Å². The summed E-state index contributed by atoms with van der Waals surface area (Å²) in [5, 5.41) is 0.400. The molecule has 0 nitrogen and oxygen atoms in total. The third kappa shape index (κ3) is 1.50. The Hall–Kier alpha value is 0.290. The van der Waals surface area contributed by atoms with Crippen LogP contribution >= 0.6 is 11.6 Å². The van der Waals surface area contributed by atoms with Crippen molar-refractivity contribution < 1.29 is 0 Å². The second kappa shape index (κ2) is 3.40. The van der Waals surface area contributed by atoms with Crippen LogP contribution in [0.4, 0.5) is 0 Å². The zero-order chi connectivity index (χ0) is 9.71. The lowest BCUT2D eigenvalue weighted by atomic mass is 9.51. The summed E-state index contributed by atoms with van der Waals surface area (Å²) in [6.07, 6.45) is 9.03. The van der Waals surface area contributed by atoms with Gasteiger partial charge in [-0.25, -0.2) is 0 Å².